The number of sulfonamides is 1. The van der Waals surface area contributed by atoms with Gasteiger partial charge in [0.1, 0.15) is 16.7 Å². The molecule has 3 N–H and O–H groups in total. The Morgan fingerprint density at radius 3 is 2.76 bits per heavy atom. The Balaban J connectivity index is 2.79. The Morgan fingerprint density at radius 1 is 1.59 bits per heavy atom. The summed E-state index contributed by atoms with van der Waals surface area (Å²) in [5.74, 6) is 0. The molecule has 1 unspecified atom stereocenters. The van der Waals surface area contributed by atoms with E-state index < -0.39 is 10.0 Å². The van der Waals surface area contributed by atoms with Gasteiger partial charge in [0.15, 0.2) is 0 Å². The van der Waals surface area contributed by atoms with Gasteiger partial charge in [0.2, 0.25) is 10.0 Å². The van der Waals surface area contributed by atoms with E-state index in [0.717, 1.165) is 6.20 Å². The number of aromatic nitrogens is 1. The van der Waals surface area contributed by atoms with Crippen molar-refractivity contribution >= 4 is 10.0 Å². The lowest BCUT2D eigenvalue weighted by atomic mass is 10.2. The SMILES string of the molecule is CCC(N)CNS(=O)(=O)c1ccc(C#N)nc1. The van der Waals surface area contributed by atoms with E-state index in [4.69, 9.17) is 11.0 Å². The molecule has 0 aliphatic heterocycles. The average Bonchev–Trinajstić information content (AvgIpc) is 2.36. The summed E-state index contributed by atoms with van der Waals surface area (Å²) in [4.78, 5) is 3.73. The lowest BCUT2D eigenvalue weighted by molar-refractivity contribution is 0.563. The van der Waals surface area contributed by atoms with Gasteiger partial charge >= 0.3 is 0 Å². The van der Waals surface area contributed by atoms with E-state index >= 15 is 0 Å². The van der Waals surface area contributed by atoms with Crippen LogP contribution < -0.4 is 10.5 Å². The molecular formula is C10H14N4O2S. The molecule has 0 saturated heterocycles. The van der Waals surface area contributed by atoms with Crippen LogP contribution in [0.4, 0.5) is 0 Å². The zero-order valence-electron chi connectivity index (χ0n) is 9.42. The minimum absolute atomic E-state index is 0.0276. The van der Waals surface area contributed by atoms with E-state index in [9.17, 15) is 8.42 Å². The van der Waals surface area contributed by atoms with Crippen molar-refractivity contribution in [1.29, 1.82) is 5.26 Å². The number of nitrogens with zero attached hydrogens (tertiary/aromatic N) is 2. The zero-order chi connectivity index (χ0) is 12.9. The van der Waals surface area contributed by atoms with E-state index in [1.165, 1.54) is 12.1 Å². The molecule has 0 radical (unpaired) electrons. The quantitative estimate of drug-likeness (QED) is 0.766. The highest BCUT2D eigenvalue weighted by Gasteiger charge is 2.15. The summed E-state index contributed by atoms with van der Waals surface area (Å²) < 4.78 is 25.9. The molecule has 0 spiro atoms. The summed E-state index contributed by atoms with van der Waals surface area (Å²) >= 11 is 0. The molecule has 0 aliphatic rings. The maximum absolute atomic E-state index is 11.8. The van der Waals surface area contributed by atoms with Crippen molar-refractivity contribution < 1.29 is 8.42 Å². The Kier molecular flexibility index (Phi) is 4.57. The minimum Gasteiger partial charge on any atom is -0.327 e. The second-order valence-corrected chi connectivity index (χ2v) is 5.28. The van der Waals surface area contributed by atoms with E-state index in [1.807, 2.05) is 13.0 Å². The topological polar surface area (TPSA) is 109 Å². The smallest absolute Gasteiger partial charge is 0.242 e. The van der Waals surface area contributed by atoms with Crippen LogP contribution in [0, 0.1) is 11.3 Å². The maximum Gasteiger partial charge on any atom is 0.242 e. The highest BCUT2D eigenvalue weighted by molar-refractivity contribution is 7.89. The van der Waals surface area contributed by atoms with E-state index in [-0.39, 0.29) is 23.2 Å². The monoisotopic (exact) mass is 254 g/mol. The first kappa shape index (κ1) is 13.6. The Hall–Kier alpha value is -1.49. The number of rotatable bonds is 5. The third kappa shape index (κ3) is 3.78. The van der Waals surface area contributed by atoms with Gasteiger partial charge in [-0.05, 0) is 18.6 Å². The molecular weight excluding hydrogens is 240 g/mol. The fraction of sp³-hybridized carbons (Fsp3) is 0.400. The number of nitrogens with two attached hydrogens (primary N) is 1. The Bertz CT molecular complexity index is 504. The fourth-order valence-electron chi connectivity index (χ4n) is 1.05. The second kappa shape index (κ2) is 5.72. The molecule has 92 valence electrons. The first-order valence-electron chi connectivity index (χ1n) is 5.11. The molecule has 1 aromatic rings. The first-order chi connectivity index (χ1) is 7.99. The molecule has 1 heterocycles. The number of nitrogens with one attached hydrogen (secondary N) is 1. The van der Waals surface area contributed by atoms with Crippen LogP contribution in [0.2, 0.25) is 0 Å². The van der Waals surface area contributed by atoms with Crippen molar-refractivity contribution in [3.05, 3.63) is 24.0 Å². The molecule has 0 aromatic carbocycles. The Morgan fingerprint density at radius 2 is 2.29 bits per heavy atom. The lowest BCUT2D eigenvalue weighted by Gasteiger charge is -2.10. The van der Waals surface area contributed by atoms with Crippen LogP contribution in [0.1, 0.15) is 19.0 Å². The molecule has 0 bridgehead atoms. The van der Waals surface area contributed by atoms with Crippen molar-refractivity contribution in [3.8, 4) is 6.07 Å². The molecule has 7 heteroatoms. The van der Waals surface area contributed by atoms with Crippen LogP contribution in [0.5, 0.6) is 0 Å². The highest BCUT2D eigenvalue weighted by atomic mass is 32.2. The normalized spacial score (nSPS) is 13.0. The summed E-state index contributed by atoms with van der Waals surface area (Å²) in [6, 6.07) is 4.30. The summed E-state index contributed by atoms with van der Waals surface area (Å²) in [7, 11) is -3.59. The molecule has 0 aliphatic carbocycles. The maximum atomic E-state index is 11.8. The average molecular weight is 254 g/mol. The van der Waals surface area contributed by atoms with Gasteiger partial charge in [-0.15, -0.1) is 0 Å². The predicted molar refractivity (Wildman–Crippen MR) is 62.4 cm³/mol. The Labute approximate surface area is 101 Å². The highest BCUT2D eigenvalue weighted by Crippen LogP contribution is 2.07. The van der Waals surface area contributed by atoms with Crippen molar-refractivity contribution in [3.63, 3.8) is 0 Å². The molecule has 1 rings (SSSR count). The fourth-order valence-corrected chi connectivity index (χ4v) is 2.09. The van der Waals surface area contributed by atoms with Crippen LogP contribution in [0.15, 0.2) is 23.2 Å². The third-order valence-electron chi connectivity index (χ3n) is 2.22. The molecule has 17 heavy (non-hydrogen) atoms. The molecule has 0 amide bonds. The standard InChI is InChI=1S/C10H14N4O2S/c1-2-8(12)6-14-17(15,16)10-4-3-9(5-11)13-7-10/h3-4,7-8,14H,2,6,12H2,1H3. The van der Waals surface area contributed by atoms with Crippen LogP contribution in [-0.4, -0.2) is 26.0 Å². The van der Waals surface area contributed by atoms with E-state index in [0.29, 0.717) is 6.42 Å². The third-order valence-corrected chi connectivity index (χ3v) is 3.63. The lowest BCUT2D eigenvalue weighted by Crippen LogP contribution is -2.36. The van der Waals surface area contributed by atoms with Gasteiger partial charge in [-0.3, -0.25) is 0 Å². The van der Waals surface area contributed by atoms with Crippen LogP contribution in [0.3, 0.4) is 0 Å². The number of nitriles is 1. The first-order valence-corrected chi connectivity index (χ1v) is 6.59. The van der Waals surface area contributed by atoms with Gasteiger partial charge in [-0.25, -0.2) is 18.1 Å². The number of pyridine rings is 1. The van der Waals surface area contributed by atoms with E-state index in [2.05, 4.69) is 9.71 Å². The zero-order valence-corrected chi connectivity index (χ0v) is 10.2. The van der Waals surface area contributed by atoms with Gasteiger partial charge in [0.25, 0.3) is 0 Å². The number of hydrogen-bond acceptors (Lipinski definition) is 5. The summed E-state index contributed by atoms with van der Waals surface area (Å²) in [6.07, 6.45) is 1.84. The molecule has 1 atom stereocenters. The van der Waals surface area contributed by atoms with Crippen LogP contribution in [-0.2, 0) is 10.0 Å². The summed E-state index contributed by atoms with van der Waals surface area (Å²) in [5.41, 5.74) is 5.79. The molecule has 0 fully saturated rings. The summed E-state index contributed by atoms with van der Waals surface area (Å²) in [5, 5.41) is 8.55. The molecule has 0 saturated carbocycles. The van der Waals surface area contributed by atoms with Gasteiger partial charge in [0.05, 0.1) is 0 Å². The van der Waals surface area contributed by atoms with Crippen molar-refractivity contribution in [2.24, 2.45) is 5.73 Å². The van der Waals surface area contributed by atoms with Crippen LogP contribution >= 0.6 is 0 Å². The number of hydrogen-bond donors (Lipinski definition) is 2. The predicted octanol–water partition coefficient (Wildman–Crippen LogP) is -0.0311. The van der Waals surface area contributed by atoms with Crippen LogP contribution in [0.25, 0.3) is 0 Å². The second-order valence-electron chi connectivity index (χ2n) is 3.51. The van der Waals surface area contributed by atoms with Gasteiger partial charge in [0, 0.05) is 18.8 Å². The van der Waals surface area contributed by atoms with Gasteiger partial charge in [-0.2, -0.15) is 5.26 Å². The van der Waals surface area contributed by atoms with Crippen molar-refractivity contribution in [2.45, 2.75) is 24.3 Å². The minimum atomic E-state index is -3.59. The van der Waals surface area contributed by atoms with Gasteiger partial charge < -0.3 is 5.73 Å². The van der Waals surface area contributed by atoms with Gasteiger partial charge in [-0.1, -0.05) is 6.92 Å². The largest absolute Gasteiger partial charge is 0.327 e. The van der Waals surface area contributed by atoms with Crippen molar-refractivity contribution in [1.82, 2.24) is 9.71 Å². The molecule has 6 nitrogen and oxygen atoms in total. The summed E-state index contributed by atoms with van der Waals surface area (Å²) in [6.45, 7) is 2.06. The van der Waals surface area contributed by atoms with Crippen molar-refractivity contribution in [2.75, 3.05) is 6.54 Å². The van der Waals surface area contributed by atoms with E-state index in [1.54, 1.807) is 0 Å². The molecule has 1 aromatic heterocycles.